The van der Waals surface area contributed by atoms with Gasteiger partial charge in [-0.25, -0.2) is 5.01 Å². The molecule has 1 aromatic rings. The van der Waals surface area contributed by atoms with Crippen LogP contribution < -0.4 is 5.01 Å². The minimum Gasteiger partial charge on any atom is -0.270 e. The molecule has 1 heterocycles. The summed E-state index contributed by atoms with van der Waals surface area (Å²) in [6, 6.07) is 5.94. The number of rotatable bonds is 2. The zero-order chi connectivity index (χ0) is 17.5. The van der Waals surface area contributed by atoms with E-state index in [1.54, 1.807) is 6.07 Å². The van der Waals surface area contributed by atoms with Gasteiger partial charge in [0.2, 0.25) is 0 Å². The number of amides is 1. The van der Waals surface area contributed by atoms with Crippen LogP contribution in [0.1, 0.15) is 46.0 Å². The van der Waals surface area contributed by atoms with Crippen LogP contribution in [0.25, 0.3) is 0 Å². The lowest BCUT2D eigenvalue weighted by Crippen LogP contribution is -2.80. The molecule has 0 aromatic heterocycles. The Morgan fingerprint density at radius 3 is 1.96 bits per heavy atom. The smallest absolute Gasteiger partial charge is 0.268 e. The quantitative estimate of drug-likeness (QED) is 0.709. The molecule has 5 heteroatoms. The van der Waals surface area contributed by atoms with E-state index in [0.717, 1.165) is 17.5 Å². The molecule has 1 saturated heterocycles. The molecule has 5 fully saturated rings. The maximum atomic E-state index is 13.1. The number of nitrogens with zero attached hydrogens (tertiary/aromatic N) is 2. The van der Waals surface area contributed by atoms with Crippen LogP contribution in [0.2, 0.25) is 10.0 Å². The van der Waals surface area contributed by atoms with E-state index in [4.69, 9.17) is 23.2 Å². The molecule has 25 heavy (non-hydrogen) atoms. The maximum absolute atomic E-state index is 13.1. The Morgan fingerprint density at radius 1 is 0.920 bits per heavy atom. The van der Waals surface area contributed by atoms with Crippen molar-refractivity contribution in [3.8, 4) is 0 Å². The molecule has 6 rings (SSSR count). The fraction of sp³-hybridized carbons (Fsp3) is 0.650. The molecule has 4 aliphatic carbocycles. The number of hydrogen-bond acceptors (Lipinski definition) is 2. The van der Waals surface area contributed by atoms with Crippen molar-refractivity contribution in [3.05, 3.63) is 28.2 Å². The van der Waals surface area contributed by atoms with Crippen molar-refractivity contribution in [2.45, 2.75) is 57.5 Å². The van der Waals surface area contributed by atoms with Gasteiger partial charge in [-0.1, -0.05) is 23.2 Å². The van der Waals surface area contributed by atoms with Crippen molar-refractivity contribution in [1.82, 2.24) is 5.01 Å². The van der Waals surface area contributed by atoms with Gasteiger partial charge < -0.3 is 0 Å². The fourth-order valence-corrected chi connectivity index (χ4v) is 6.87. The molecule has 4 bridgehead atoms. The van der Waals surface area contributed by atoms with Gasteiger partial charge >= 0.3 is 0 Å². The average Bonchev–Trinajstić information content (AvgIpc) is 2.51. The standard InChI is InChI=1S/C20H24Cl2N2O/c1-20(2)19(25)23(24(20)17-9-15(21)8-16(22)10-17)18-13-4-11-3-12(6-13)7-14(18)5-11/h8-14,18H,3-7H2,1-2H3. The van der Waals surface area contributed by atoms with E-state index in [1.807, 2.05) is 26.0 Å². The molecule has 3 nitrogen and oxygen atoms in total. The minimum atomic E-state index is -0.539. The highest BCUT2D eigenvalue weighted by molar-refractivity contribution is 6.35. The molecule has 1 aliphatic heterocycles. The highest BCUT2D eigenvalue weighted by Crippen LogP contribution is 2.57. The summed E-state index contributed by atoms with van der Waals surface area (Å²) in [5.74, 6) is 3.36. The van der Waals surface area contributed by atoms with Crippen LogP contribution in [0.4, 0.5) is 5.69 Å². The summed E-state index contributed by atoms with van der Waals surface area (Å²) in [5.41, 5.74) is 0.388. The van der Waals surface area contributed by atoms with Crippen LogP contribution in [0, 0.1) is 23.7 Å². The third kappa shape index (κ3) is 2.28. The first kappa shape index (κ1) is 16.3. The lowest BCUT2D eigenvalue weighted by atomic mass is 9.53. The summed E-state index contributed by atoms with van der Waals surface area (Å²) in [6.45, 7) is 3.99. The molecule has 1 amide bonds. The lowest BCUT2D eigenvalue weighted by Gasteiger charge is -2.65. The van der Waals surface area contributed by atoms with Gasteiger partial charge in [0.05, 0.1) is 11.7 Å². The van der Waals surface area contributed by atoms with Gasteiger partial charge in [0, 0.05) is 10.0 Å². The molecule has 4 saturated carbocycles. The predicted molar refractivity (Wildman–Crippen MR) is 101 cm³/mol. The minimum absolute atomic E-state index is 0.237. The Hall–Kier alpha value is -0.930. The molecule has 0 spiro atoms. The second kappa shape index (κ2) is 5.29. The number of anilines is 1. The predicted octanol–water partition coefficient (Wildman–Crippen LogP) is 5.16. The average molecular weight is 379 g/mol. The first-order valence-corrected chi connectivity index (χ1v) is 10.2. The van der Waals surface area contributed by atoms with Crippen LogP contribution in [0.15, 0.2) is 18.2 Å². The van der Waals surface area contributed by atoms with Crippen LogP contribution in [-0.2, 0) is 4.79 Å². The van der Waals surface area contributed by atoms with Gasteiger partial charge in [-0.05, 0) is 87.8 Å². The van der Waals surface area contributed by atoms with Crippen molar-refractivity contribution < 1.29 is 4.79 Å². The number of hydrazine groups is 1. The lowest BCUT2D eigenvalue weighted by molar-refractivity contribution is -0.170. The van der Waals surface area contributed by atoms with Crippen molar-refractivity contribution in [2.75, 3.05) is 5.01 Å². The molecule has 1 aromatic carbocycles. The number of halogens is 2. The molecule has 0 N–H and O–H groups in total. The van der Waals surface area contributed by atoms with Crippen molar-refractivity contribution in [1.29, 1.82) is 0 Å². The first-order chi connectivity index (χ1) is 11.8. The Labute approximate surface area is 159 Å². The molecular formula is C20H24Cl2N2O. The van der Waals surface area contributed by atoms with E-state index in [1.165, 1.54) is 32.1 Å². The van der Waals surface area contributed by atoms with Gasteiger partial charge in [-0.2, -0.15) is 0 Å². The van der Waals surface area contributed by atoms with Crippen LogP contribution in [0.5, 0.6) is 0 Å². The zero-order valence-electron chi connectivity index (χ0n) is 14.7. The normalized spacial score (nSPS) is 38.2. The summed E-state index contributed by atoms with van der Waals surface area (Å²) in [4.78, 5) is 13.1. The highest BCUT2D eigenvalue weighted by atomic mass is 35.5. The van der Waals surface area contributed by atoms with E-state index >= 15 is 0 Å². The van der Waals surface area contributed by atoms with Crippen molar-refractivity contribution >= 4 is 34.8 Å². The topological polar surface area (TPSA) is 23.6 Å². The van der Waals surface area contributed by atoms with Crippen LogP contribution in [0.3, 0.4) is 0 Å². The van der Waals surface area contributed by atoms with Crippen LogP contribution >= 0.6 is 23.2 Å². The molecule has 134 valence electrons. The summed E-state index contributed by atoms with van der Waals surface area (Å²) < 4.78 is 0. The third-order valence-electron chi connectivity index (χ3n) is 7.03. The number of carbonyl (C=O) groups is 1. The Balaban J connectivity index is 1.52. The summed E-state index contributed by atoms with van der Waals surface area (Å²) in [7, 11) is 0. The molecule has 5 aliphatic rings. The molecular weight excluding hydrogens is 355 g/mol. The number of carbonyl (C=O) groups excluding carboxylic acids is 1. The molecule has 0 radical (unpaired) electrons. The van der Waals surface area contributed by atoms with E-state index in [-0.39, 0.29) is 5.91 Å². The van der Waals surface area contributed by atoms with E-state index in [9.17, 15) is 4.79 Å². The van der Waals surface area contributed by atoms with Gasteiger partial charge in [0.1, 0.15) is 5.54 Å². The monoisotopic (exact) mass is 378 g/mol. The fourth-order valence-electron chi connectivity index (χ4n) is 6.36. The Kier molecular flexibility index (Phi) is 3.44. The number of hydrogen-bond donors (Lipinski definition) is 0. The first-order valence-electron chi connectivity index (χ1n) is 9.44. The van der Waals surface area contributed by atoms with E-state index in [2.05, 4.69) is 10.0 Å². The highest BCUT2D eigenvalue weighted by Gasteiger charge is 2.61. The third-order valence-corrected chi connectivity index (χ3v) is 7.46. The summed E-state index contributed by atoms with van der Waals surface area (Å²) in [6.07, 6.45) is 6.61. The largest absolute Gasteiger partial charge is 0.270 e. The zero-order valence-corrected chi connectivity index (χ0v) is 16.2. The van der Waals surface area contributed by atoms with E-state index in [0.29, 0.717) is 27.9 Å². The molecule has 0 atom stereocenters. The second-order valence-corrected chi connectivity index (χ2v) is 9.94. The van der Waals surface area contributed by atoms with Gasteiger partial charge in [0.15, 0.2) is 0 Å². The Morgan fingerprint density at radius 2 is 1.44 bits per heavy atom. The van der Waals surface area contributed by atoms with Crippen molar-refractivity contribution in [3.63, 3.8) is 0 Å². The Bertz CT molecular complexity index is 699. The van der Waals surface area contributed by atoms with E-state index < -0.39 is 5.54 Å². The summed E-state index contributed by atoms with van der Waals surface area (Å²) in [5, 5.41) is 5.44. The maximum Gasteiger partial charge on any atom is 0.268 e. The van der Waals surface area contributed by atoms with Gasteiger partial charge in [0.25, 0.3) is 5.91 Å². The second-order valence-electron chi connectivity index (χ2n) is 9.07. The van der Waals surface area contributed by atoms with Crippen LogP contribution in [-0.4, -0.2) is 22.5 Å². The van der Waals surface area contributed by atoms with Gasteiger partial charge in [-0.15, -0.1) is 0 Å². The van der Waals surface area contributed by atoms with Gasteiger partial charge in [-0.3, -0.25) is 9.80 Å². The SMILES string of the molecule is CC1(C)C(=O)N(C2C3CC4CC(C3)CC2C4)N1c1cc(Cl)cc(Cl)c1. The summed E-state index contributed by atoms with van der Waals surface area (Å²) >= 11 is 12.5. The molecule has 0 unspecified atom stereocenters. The number of benzene rings is 1. The van der Waals surface area contributed by atoms with Crippen molar-refractivity contribution in [2.24, 2.45) is 23.7 Å².